The van der Waals surface area contributed by atoms with E-state index in [1.165, 1.54) is 65.7 Å². The van der Waals surface area contributed by atoms with Gasteiger partial charge in [-0.15, -0.1) is 11.3 Å². The Hall–Kier alpha value is -7.57. The molecule has 274 valence electrons. The highest BCUT2D eigenvalue weighted by atomic mass is 32.1. The van der Waals surface area contributed by atoms with E-state index in [1.54, 1.807) is 11.3 Å². The summed E-state index contributed by atoms with van der Waals surface area (Å²) in [5.74, 6) is 1.06. The van der Waals surface area contributed by atoms with E-state index in [-0.39, 0.29) is 0 Å². The van der Waals surface area contributed by atoms with Crippen molar-refractivity contribution in [3.8, 4) is 62.3 Å². The minimum atomic E-state index is -0.511. The van der Waals surface area contributed by atoms with Crippen LogP contribution >= 0.6 is 11.3 Å². The number of imidazole rings is 1. The van der Waals surface area contributed by atoms with Gasteiger partial charge in [0, 0.05) is 32.3 Å². The molecule has 8 aromatic carbocycles. The average molecular weight is 769 g/mol. The molecule has 0 radical (unpaired) electrons. The van der Waals surface area contributed by atoms with Gasteiger partial charge in [0.25, 0.3) is 0 Å². The SMILES string of the molecule is CCc1nc2ccccc2n1-c1ccc(-c2ccc3c(c2)-c2ccccc2C32c3ccccc3-c3c2ccc2sc4cc(C#N)cc(-c5ccc(C#N)cc5)c4c32)cc1. The molecule has 1 unspecified atom stereocenters. The molecule has 0 saturated carbocycles. The highest BCUT2D eigenvalue weighted by Crippen LogP contribution is 2.65. The van der Waals surface area contributed by atoms with Crippen LogP contribution in [0.3, 0.4) is 0 Å². The van der Waals surface area contributed by atoms with Crippen molar-refractivity contribution >= 4 is 42.5 Å². The van der Waals surface area contributed by atoms with Crippen LogP contribution in [0.1, 0.15) is 46.1 Å². The Bertz CT molecular complexity index is 3500. The van der Waals surface area contributed by atoms with Crippen LogP contribution in [0.5, 0.6) is 0 Å². The fourth-order valence-electron chi connectivity index (χ4n) is 10.2. The summed E-state index contributed by atoms with van der Waals surface area (Å²) in [7, 11) is 0. The molecule has 10 aromatic rings. The first-order chi connectivity index (χ1) is 29.1. The topological polar surface area (TPSA) is 65.4 Å². The molecule has 2 aliphatic carbocycles. The van der Waals surface area contributed by atoms with E-state index in [4.69, 9.17) is 4.98 Å². The number of hydrogen-bond donors (Lipinski definition) is 0. The zero-order valence-corrected chi connectivity index (χ0v) is 32.8. The Balaban J connectivity index is 1.07. The molecule has 0 saturated heterocycles. The van der Waals surface area contributed by atoms with Gasteiger partial charge in [0.05, 0.1) is 39.7 Å². The van der Waals surface area contributed by atoms with Gasteiger partial charge in [0.1, 0.15) is 5.82 Å². The van der Waals surface area contributed by atoms with Crippen molar-refractivity contribution in [2.24, 2.45) is 0 Å². The number of fused-ring (bicyclic) bond motifs is 15. The monoisotopic (exact) mass is 768 g/mol. The lowest BCUT2D eigenvalue weighted by molar-refractivity contribution is 0.794. The number of nitrogens with zero attached hydrogens (tertiary/aromatic N) is 4. The lowest BCUT2D eigenvalue weighted by atomic mass is 9.70. The second kappa shape index (κ2) is 12.5. The molecule has 4 nitrogen and oxygen atoms in total. The number of thiophene rings is 1. The van der Waals surface area contributed by atoms with Crippen molar-refractivity contribution < 1.29 is 0 Å². The van der Waals surface area contributed by atoms with Crippen LogP contribution in [-0.4, -0.2) is 9.55 Å². The first-order valence-corrected chi connectivity index (χ1v) is 20.8. The Morgan fingerprint density at radius 3 is 1.98 bits per heavy atom. The van der Waals surface area contributed by atoms with E-state index in [0.717, 1.165) is 50.2 Å². The molecule has 5 heteroatoms. The predicted octanol–water partition coefficient (Wildman–Crippen LogP) is 13.4. The minimum Gasteiger partial charge on any atom is -0.296 e. The van der Waals surface area contributed by atoms with Crippen LogP contribution < -0.4 is 0 Å². The first-order valence-electron chi connectivity index (χ1n) is 20.0. The zero-order chi connectivity index (χ0) is 39.4. The van der Waals surface area contributed by atoms with E-state index in [9.17, 15) is 10.5 Å². The van der Waals surface area contributed by atoms with Crippen LogP contribution in [0.25, 0.3) is 81.4 Å². The van der Waals surface area contributed by atoms with Gasteiger partial charge in [0.2, 0.25) is 0 Å². The normalized spacial score (nSPS) is 14.6. The Kier molecular flexibility index (Phi) is 7.09. The summed E-state index contributed by atoms with van der Waals surface area (Å²) in [6.07, 6.45) is 0.850. The molecule has 2 aromatic heterocycles. The number of nitriles is 2. The van der Waals surface area contributed by atoms with Gasteiger partial charge in [-0.1, -0.05) is 110 Å². The maximum absolute atomic E-state index is 10.1. The maximum atomic E-state index is 10.1. The summed E-state index contributed by atoms with van der Waals surface area (Å²) in [5.41, 5.74) is 18.5. The summed E-state index contributed by atoms with van der Waals surface area (Å²) in [6.45, 7) is 2.16. The Morgan fingerprint density at radius 2 is 1.20 bits per heavy atom. The number of rotatable bonds is 4. The smallest absolute Gasteiger partial charge is 0.114 e. The molecule has 0 fully saturated rings. The lowest BCUT2D eigenvalue weighted by Crippen LogP contribution is -2.25. The highest BCUT2D eigenvalue weighted by Gasteiger charge is 2.52. The number of benzene rings is 8. The van der Waals surface area contributed by atoms with E-state index in [0.29, 0.717) is 11.1 Å². The summed E-state index contributed by atoms with van der Waals surface area (Å²) in [4.78, 5) is 4.92. The van der Waals surface area contributed by atoms with Crippen LogP contribution in [0.15, 0.2) is 164 Å². The van der Waals surface area contributed by atoms with Crippen LogP contribution in [-0.2, 0) is 11.8 Å². The Morgan fingerprint density at radius 1 is 0.542 bits per heavy atom. The quantitative estimate of drug-likeness (QED) is 0.179. The summed E-state index contributed by atoms with van der Waals surface area (Å²) in [6, 6.07) is 63.4. The third kappa shape index (κ3) is 4.54. The van der Waals surface area contributed by atoms with Crippen LogP contribution in [0.4, 0.5) is 0 Å². The van der Waals surface area contributed by atoms with E-state index in [1.807, 2.05) is 42.5 Å². The number of aromatic nitrogens is 2. The number of para-hydroxylation sites is 2. The van der Waals surface area contributed by atoms with Crippen molar-refractivity contribution in [3.05, 3.63) is 203 Å². The molecule has 2 heterocycles. The molecule has 0 amide bonds. The molecule has 12 rings (SSSR count). The highest BCUT2D eigenvalue weighted by molar-refractivity contribution is 7.26. The van der Waals surface area contributed by atoms with Gasteiger partial charge in [-0.05, 0) is 127 Å². The lowest BCUT2D eigenvalue weighted by Gasteiger charge is -2.30. The van der Waals surface area contributed by atoms with Crippen molar-refractivity contribution in [1.29, 1.82) is 10.5 Å². The zero-order valence-electron chi connectivity index (χ0n) is 32.0. The van der Waals surface area contributed by atoms with Gasteiger partial charge in [-0.25, -0.2) is 4.98 Å². The molecule has 0 aliphatic heterocycles. The fourth-order valence-corrected chi connectivity index (χ4v) is 11.4. The summed E-state index contributed by atoms with van der Waals surface area (Å²) >= 11 is 1.74. The van der Waals surface area contributed by atoms with Crippen LogP contribution in [0.2, 0.25) is 0 Å². The Labute approximate surface area is 345 Å². The molecular weight excluding hydrogens is 737 g/mol. The molecule has 2 aliphatic rings. The van der Waals surface area contributed by atoms with Crippen molar-refractivity contribution in [2.45, 2.75) is 18.8 Å². The second-order valence-corrected chi connectivity index (χ2v) is 16.6. The maximum Gasteiger partial charge on any atom is 0.114 e. The van der Waals surface area contributed by atoms with Gasteiger partial charge in [-0.2, -0.15) is 10.5 Å². The van der Waals surface area contributed by atoms with E-state index in [2.05, 4.69) is 145 Å². The standard InChI is InChI=1S/C54H32N4S/c1-2-50-57-46-13-7-8-14-47(46)58(50)37-22-19-34(20-23-37)36-21-24-44-41(29-36)38-9-3-5-11-42(38)54(44)43-12-6-4-10-39(43)51-45(54)25-26-48-53(51)52-40(27-33(31-56)28-49(52)59-48)35-17-15-32(30-55)16-18-35/h3-29H,2H2,1H3. The molecular formula is C54H32N4S. The number of aryl methyl sites for hydroxylation is 1. The third-order valence-electron chi connectivity index (χ3n) is 12.6. The summed E-state index contributed by atoms with van der Waals surface area (Å²) < 4.78 is 4.55. The molecule has 0 bridgehead atoms. The van der Waals surface area contributed by atoms with E-state index >= 15 is 0 Å². The van der Waals surface area contributed by atoms with Gasteiger partial charge < -0.3 is 0 Å². The molecule has 1 atom stereocenters. The predicted molar refractivity (Wildman–Crippen MR) is 240 cm³/mol. The van der Waals surface area contributed by atoms with Gasteiger partial charge >= 0.3 is 0 Å². The van der Waals surface area contributed by atoms with Crippen molar-refractivity contribution in [1.82, 2.24) is 9.55 Å². The molecule has 1 spiro atoms. The molecule has 59 heavy (non-hydrogen) atoms. The largest absolute Gasteiger partial charge is 0.296 e. The third-order valence-corrected chi connectivity index (χ3v) is 13.7. The molecule has 0 N–H and O–H groups in total. The minimum absolute atomic E-state index is 0.511. The average Bonchev–Trinajstić information content (AvgIpc) is 4.03. The number of hydrogen-bond acceptors (Lipinski definition) is 4. The van der Waals surface area contributed by atoms with E-state index < -0.39 is 5.41 Å². The fraction of sp³-hybridized carbons (Fsp3) is 0.0556. The van der Waals surface area contributed by atoms with Crippen molar-refractivity contribution in [2.75, 3.05) is 0 Å². The van der Waals surface area contributed by atoms with Crippen molar-refractivity contribution in [3.63, 3.8) is 0 Å². The second-order valence-electron chi connectivity index (χ2n) is 15.5. The van der Waals surface area contributed by atoms with Gasteiger partial charge in [-0.3, -0.25) is 4.57 Å². The van der Waals surface area contributed by atoms with Gasteiger partial charge in [0.15, 0.2) is 0 Å². The first kappa shape index (κ1) is 33.6. The summed E-state index contributed by atoms with van der Waals surface area (Å²) in [5, 5.41) is 22.1. The van der Waals surface area contributed by atoms with Crippen LogP contribution in [0, 0.1) is 22.7 Å².